The number of hydrogen-bond acceptors (Lipinski definition) is 3. The largest absolute Gasteiger partial charge is 0.334 e. The van der Waals surface area contributed by atoms with Crippen LogP contribution < -0.4 is 5.32 Å². The van der Waals surface area contributed by atoms with Crippen molar-refractivity contribution in [3.8, 4) is 0 Å². The second-order valence-electron chi connectivity index (χ2n) is 6.84. The molecule has 5 nitrogen and oxygen atoms in total. The first-order chi connectivity index (χ1) is 12.1. The van der Waals surface area contributed by atoms with Gasteiger partial charge in [0, 0.05) is 24.8 Å². The van der Waals surface area contributed by atoms with Gasteiger partial charge in [0.2, 0.25) is 11.8 Å². The molecule has 3 heterocycles. The third kappa shape index (κ3) is 2.90. The van der Waals surface area contributed by atoms with Gasteiger partial charge in [0.15, 0.2) is 0 Å². The maximum Gasteiger partial charge on any atom is 0.232 e. The first kappa shape index (κ1) is 15.8. The predicted octanol–water partition coefficient (Wildman–Crippen LogP) is 3.18. The van der Waals surface area contributed by atoms with Crippen LogP contribution in [-0.2, 0) is 9.59 Å². The van der Waals surface area contributed by atoms with Gasteiger partial charge >= 0.3 is 0 Å². The predicted molar refractivity (Wildman–Crippen MR) is 95.1 cm³/mol. The van der Waals surface area contributed by atoms with Crippen LogP contribution in [0.5, 0.6) is 0 Å². The van der Waals surface area contributed by atoms with Crippen LogP contribution in [-0.4, -0.2) is 28.2 Å². The molecule has 128 valence electrons. The number of rotatable bonds is 3. The number of carbonyl (C=O) groups is 2. The Hall–Kier alpha value is -2.69. The van der Waals surface area contributed by atoms with Gasteiger partial charge in [0.1, 0.15) is 0 Å². The number of likely N-dealkylation sites (tertiary alicyclic amines) is 1. The van der Waals surface area contributed by atoms with Crippen LogP contribution in [0.25, 0.3) is 0 Å². The number of carbonyl (C=O) groups excluding carboxylic acids is 2. The van der Waals surface area contributed by atoms with E-state index in [4.69, 9.17) is 0 Å². The molecule has 1 N–H and O–H groups in total. The number of fused-ring (bicyclic) bond motifs is 1. The van der Waals surface area contributed by atoms with E-state index in [0.717, 1.165) is 41.9 Å². The standard InChI is InChI=1S/C20H21N3O2/c1-13-7-8-16-14(11-13)15(20(25)22-16)12-19(24)23-10-4-6-18(23)17-5-2-3-9-21-17/h2-3,5,7-9,11,15,18H,4,6,10,12H2,1H3,(H,22,25)/t15-,18+/m0/s1. The van der Waals surface area contributed by atoms with Crippen molar-refractivity contribution < 1.29 is 9.59 Å². The topological polar surface area (TPSA) is 62.3 Å². The number of aromatic nitrogens is 1. The van der Waals surface area contributed by atoms with Crippen molar-refractivity contribution in [2.45, 2.75) is 38.1 Å². The Morgan fingerprint density at radius 2 is 2.20 bits per heavy atom. The number of anilines is 1. The van der Waals surface area contributed by atoms with Crippen LogP contribution in [0.3, 0.4) is 0 Å². The molecule has 2 aromatic rings. The summed E-state index contributed by atoms with van der Waals surface area (Å²) in [5.41, 5.74) is 3.80. The average molecular weight is 335 g/mol. The molecule has 1 aromatic heterocycles. The summed E-state index contributed by atoms with van der Waals surface area (Å²) >= 11 is 0. The van der Waals surface area contributed by atoms with E-state index >= 15 is 0 Å². The van der Waals surface area contributed by atoms with Gasteiger partial charge in [0.25, 0.3) is 0 Å². The van der Waals surface area contributed by atoms with E-state index in [2.05, 4.69) is 10.3 Å². The highest BCUT2D eigenvalue weighted by molar-refractivity contribution is 6.05. The summed E-state index contributed by atoms with van der Waals surface area (Å²) in [7, 11) is 0. The molecule has 1 fully saturated rings. The third-order valence-electron chi connectivity index (χ3n) is 5.14. The highest BCUT2D eigenvalue weighted by Gasteiger charge is 2.37. The molecule has 2 aliphatic heterocycles. The molecular weight excluding hydrogens is 314 g/mol. The van der Waals surface area contributed by atoms with Crippen molar-refractivity contribution in [1.29, 1.82) is 0 Å². The maximum atomic E-state index is 12.9. The number of pyridine rings is 1. The SMILES string of the molecule is Cc1ccc2c(c1)[C@H](CC(=O)N1CCC[C@@H]1c1ccccn1)C(=O)N2. The third-order valence-corrected chi connectivity index (χ3v) is 5.14. The zero-order valence-corrected chi connectivity index (χ0v) is 14.2. The second-order valence-corrected chi connectivity index (χ2v) is 6.84. The molecule has 0 aliphatic carbocycles. The number of hydrogen-bond donors (Lipinski definition) is 1. The highest BCUT2D eigenvalue weighted by atomic mass is 16.2. The molecule has 4 rings (SSSR count). The molecule has 0 spiro atoms. The van der Waals surface area contributed by atoms with Gasteiger partial charge in [-0.25, -0.2) is 0 Å². The molecule has 0 bridgehead atoms. The molecule has 2 atom stereocenters. The van der Waals surface area contributed by atoms with E-state index in [9.17, 15) is 9.59 Å². The van der Waals surface area contributed by atoms with Gasteiger partial charge in [0.05, 0.1) is 17.7 Å². The van der Waals surface area contributed by atoms with Gasteiger partial charge in [-0.2, -0.15) is 0 Å². The van der Waals surface area contributed by atoms with Crippen LogP contribution >= 0.6 is 0 Å². The molecule has 1 aromatic carbocycles. The lowest BCUT2D eigenvalue weighted by Crippen LogP contribution is -2.33. The van der Waals surface area contributed by atoms with E-state index in [-0.39, 0.29) is 24.3 Å². The average Bonchev–Trinajstić information content (AvgIpc) is 3.21. The lowest BCUT2D eigenvalue weighted by molar-refractivity contribution is -0.134. The fraction of sp³-hybridized carbons (Fsp3) is 0.350. The van der Waals surface area contributed by atoms with Crippen molar-refractivity contribution in [2.24, 2.45) is 0 Å². The lowest BCUT2D eigenvalue weighted by Gasteiger charge is -2.25. The summed E-state index contributed by atoms with van der Waals surface area (Å²) < 4.78 is 0. The minimum absolute atomic E-state index is 0.0233. The normalized spacial score (nSPS) is 22.0. The van der Waals surface area contributed by atoms with Crippen molar-refractivity contribution in [3.63, 3.8) is 0 Å². The number of nitrogens with zero attached hydrogens (tertiary/aromatic N) is 2. The molecule has 0 unspecified atom stereocenters. The summed E-state index contributed by atoms with van der Waals surface area (Å²) in [6, 6.07) is 11.7. The number of amides is 2. The summed E-state index contributed by atoms with van der Waals surface area (Å²) in [4.78, 5) is 31.6. The van der Waals surface area contributed by atoms with Crippen LogP contribution in [0.15, 0.2) is 42.6 Å². The van der Waals surface area contributed by atoms with E-state index in [1.807, 2.05) is 48.2 Å². The number of aryl methyl sites for hydroxylation is 1. The van der Waals surface area contributed by atoms with Crippen molar-refractivity contribution in [2.75, 3.05) is 11.9 Å². The monoisotopic (exact) mass is 335 g/mol. The summed E-state index contributed by atoms with van der Waals surface area (Å²) in [6.45, 7) is 2.73. The molecular formula is C20H21N3O2. The zero-order valence-electron chi connectivity index (χ0n) is 14.2. The molecule has 0 radical (unpaired) electrons. The zero-order chi connectivity index (χ0) is 17.4. The van der Waals surface area contributed by atoms with Crippen LogP contribution in [0, 0.1) is 6.92 Å². The first-order valence-corrected chi connectivity index (χ1v) is 8.75. The molecule has 0 saturated carbocycles. The fourth-order valence-corrected chi connectivity index (χ4v) is 3.89. The fourth-order valence-electron chi connectivity index (χ4n) is 3.89. The van der Waals surface area contributed by atoms with Crippen molar-refractivity contribution >= 4 is 17.5 Å². The van der Waals surface area contributed by atoms with Crippen LogP contribution in [0.4, 0.5) is 5.69 Å². The van der Waals surface area contributed by atoms with Gasteiger partial charge in [-0.15, -0.1) is 0 Å². The Morgan fingerprint density at radius 1 is 1.32 bits per heavy atom. The van der Waals surface area contributed by atoms with Crippen LogP contribution in [0.2, 0.25) is 0 Å². The van der Waals surface area contributed by atoms with E-state index in [0.29, 0.717) is 0 Å². The summed E-state index contributed by atoms with van der Waals surface area (Å²) in [5, 5.41) is 2.89. The molecule has 5 heteroatoms. The molecule has 25 heavy (non-hydrogen) atoms. The Morgan fingerprint density at radius 3 is 3.00 bits per heavy atom. The van der Waals surface area contributed by atoms with E-state index in [1.165, 1.54) is 0 Å². The molecule has 1 saturated heterocycles. The number of nitrogens with one attached hydrogen (secondary N) is 1. The summed E-state index contributed by atoms with van der Waals surface area (Å²) in [6.07, 6.45) is 3.88. The lowest BCUT2D eigenvalue weighted by atomic mass is 9.95. The number of benzene rings is 1. The molecule has 2 amide bonds. The Bertz CT molecular complexity index is 819. The smallest absolute Gasteiger partial charge is 0.232 e. The van der Waals surface area contributed by atoms with Gasteiger partial charge in [-0.1, -0.05) is 23.8 Å². The minimum atomic E-state index is -0.396. The van der Waals surface area contributed by atoms with Gasteiger partial charge in [-0.05, 0) is 43.5 Å². The van der Waals surface area contributed by atoms with Gasteiger partial charge in [-0.3, -0.25) is 14.6 Å². The van der Waals surface area contributed by atoms with Crippen molar-refractivity contribution in [1.82, 2.24) is 9.88 Å². The maximum absolute atomic E-state index is 12.9. The van der Waals surface area contributed by atoms with Gasteiger partial charge < -0.3 is 10.2 Å². The minimum Gasteiger partial charge on any atom is -0.334 e. The van der Waals surface area contributed by atoms with Crippen LogP contribution in [0.1, 0.15) is 48.0 Å². The van der Waals surface area contributed by atoms with E-state index in [1.54, 1.807) is 6.20 Å². The van der Waals surface area contributed by atoms with E-state index < -0.39 is 5.92 Å². The summed E-state index contributed by atoms with van der Waals surface area (Å²) in [5.74, 6) is -0.447. The quantitative estimate of drug-likeness (QED) is 0.937. The highest BCUT2D eigenvalue weighted by Crippen LogP contribution is 2.38. The Labute approximate surface area is 147 Å². The Balaban J connectivity index is 1.54. The van der Waals surface area contributed by atoms with Crippen molar-refractivity contribution in [3.05, 3.63) is 59.4 Å². The molecule has 2 aliphatic rings. The second kappa shape index (κ2) is 6.31. The Kier molecular flexibility index (Phi) is 3.99. The first-order valence-electron chi connectivity index (χ1n) is 8.75.